The van der Waals surface area contributed by atoms with E-state index in [9.17, 15) is 0 Å². The van der Waals surface area contributed by atoms with Crippen LogP contribution in [0.3, 0.4) is 0 Å². The summed E-state index contributed by atoms with van der Waals surface area (Å²) in [5.41, 5.74) is 30.8. The molecule has 4 aliphatic carbocycles. The summed E-state index contributed by atoms with van der Waals surface area (Å²) in [5.74, 6) is 0. The highest BCUT2D eigenvalue weighted by Crippen LogP contribution is 2.65. The molecule has 0 radical (unpaired) electrons. The number of benzene rings is 10. The molecule has 0 saturated heterocycles. The molecule has 16 rings (SSSR count). The number of fused-ring (bicyclic) bond motifs is 22. The quantitative estimate of drug-likeness (QED) is 0.176. The van der Waals surface area contributed by atoms with Crippen LogP contribution in [0.25, 0.3) is 99.5 Å². The van der Waals surface area contributed by atoms with Gasteiger partial charge in [0, 0.05) is 71.3 Å². The lowest BCUT2D eigenvalue weighted by molar-refractivity contribution is 0.600. The Kier molecular flexibility index (Phi) is 8.38. The van der Waals surface area contributed by atoms with Crippen LogP contribution >= 0.6 is 0 Å². The summed E-state index contributed by atoms with van der Waals surface area (Å²) in [6, 6.07) is 68.4. The third-order valence-electron chi connectivity index (χ3n) is 18.9. The topological polar surface area (TPSA) is 29.5 Å². The highest BCUT2D eigenvalue weighted by molar-refractivity contribution is 6.22. The zero-order valence-electron chi connectivity index (χ0n) is 44.6. The minimum atomic E-state index is -0.356. The fourth-order valence-corrected chi connectivity index (χ4v) is 15.2. The number of para-hydroxylation sites is 2. The normalized spacial score (nSPS) is 16.1. The molecule has 4 aliphatic rings. The van der Waals surface area contributed by atoms with Gasteiger partial charge in [0.1, 0.15) is 22.3 Å². The Hall–Kier alpha value is -8.40. The van der Waals surface area contributed by atoms with Crippen molar-refractivity contribution in [3.8, 4) is 55.6 Å². The average molecular weight is 980 g/mol. The lowest BCUT2D eigenvalue weighted by atomic mass is 9.72. The number of hydrogen-bond acceptors (Lipinski definition) is 3. The fourth-order valence-electron chi connectivity index (χ4n) is 15.2. The van der Waals surface area contributed by atoms with Crippen molar-refractivity contribution in [2.45, 2.75) is 84.0 Å². The van der Waals surface area contributed by atoms with Gasteiger partial charge in [0.25, 0.3) is 0 Å². The summed E-state index contributed by atoms with van der Waals surface area (Å²) < 4.78 is 14.0. The first kappa shape index (κ1) is 43.9. The molecular formula is C73H57NO2. The van der Waals surface area contributed by atoms with Crippen LogP contribution in [0.2, 0.25) is 0 Å². The number of aryl methyl sites for hydroxylation is 1. The van der Waals surface area contributed by atoms with E-state index >= 15 is 0 Å². The van der Waals surface area contributed by atoms with Crippen LogP contribution in [0, 0.1) is 6.92 Å². The van der Waals surface area contributed by atoms with Crippen LogP contribution in [0.4, 0.5) is 17.1 Å². The molecule has 0 saturated carbocycles. The second kappa shape index (κ2) is 14.5. The third kappa shape index (κ3) is 5.38. The molecule has 0 bridgehead atoms. The molecule has 366 valence electrons. The van der Waals surface area contributed by atoms with Crippen molar-refractivity contribution in [1.82, 2.24) is 0 Å². The molecule has 0 fully saturated rings. The first-order valence-corrected chi connectivity index (χ1v) is 27.2. The Morgan fingerprint density at radius 3 is 1.50 bits per heavy atom. The molecule has 3 heteroatoms. The van der Waals surface area contributed by atoms with Gasteiger partial charge in [-0.25, -0.2) is 0 Å². The largest absolute Gasteiger partial charge is 0.455 e. The molecule has 12 aromatic rings. The van der Waals surface area contributed by atoms with E-state index in [0.717, 1.165) is 44.7 Å². The summed E-state index contributed by atoms with van der Waals surface area (Å²) >= 11 is 0. The van der Waals surface area contributed by atoms with Crippen molar-refractivity contribution in [2.24, 2.45) is 0 Å². The van der Waals surface area contributed by atoms with Gasteiger partial charge in [-0.15, -0.1) is 0 Å². The lowest BCUT2D eigenvalue weighted by Gasteiger charge is -2.32. The molecule has 0 aliphatic heterocycles. The summed E-state index contributed by atoms with van der Waals surface area (Å²) in [4.78, 5) is 2.59. The van der Waals surface area contributed by atoms with Gasteiger partial charge in [-0.3, -0.25) is 0 Å². The van der Waals surface area contributed by atoms with Gasteiger partial charge in [-0.2, -0.15) is 0 Å². The van der Waals surface area contributed by atoms with Gasteiger partial charge in [0.2, 0.25) is 0 Å². The number of anilines is 3. The highest BCUT2D eigenvalue weighted by atomic mass is 16.3. The van der Waals surface area contributed by atoms with Gasteiger partial charge in [0.05, 0.1) is 5.69 Å². The van der Waals surface area contributed by atoms with Crippen LogP contribution in [0.15, 0.2) is 191 Å². The van der Waals surface area contributed by atoms with Crippen molar-refractivity contribution in [3.63, 3.8) is 0 Å². The van der Waals surface area contributed by atoms with Crippen LogP contribution in [0.1, 0.15) is 105 Å². The molecule has 2 heterocycles. The average Bonchev–Trinajstić information content (AvgIpc) is 4.39. The van der Waals surface area contributed by atoms with Crippen molar-refractivity contribution < 1.29 is 8.83 Å². The maximum atomic E-state index is 7.06. The van der Waals surface area contributed by atoms with E-state index in [2.05, 4.69) is 249 Å². The SMILES string of the molecule is Cc1ccc(-c2cc3c(c4c2oc2ccccc24)-c2ccc(N(c4ccc5c(c4)C(C)(C)c4c6c(c7oc8ccccc8c7c4-5)-c4ccccc4C6(C)C)c4cccc5c4-c4ccccc4C5(C)C)cc2C3(C)C)cc1. The Bertz CT molecular complexity index is 4590. The maximum Gasteiger partial charge on any atom is 0.144 e. The lowest BCUT2D eigenvalue weighted by Crippen LogP contribution is -2.24. The Morgan fingerprint density at radius 1 is 0.342 bits per heavy atom. The molecule has 0 N–H and O–H groups in total. The van der Waals surface area contributed by atoms with E-state index in [1.807, 2.05) is 0 Å². The third-order valence-corrected chi connectivity index (χ3v) is 18.9. The number of hydrogen-bond donors (Lipinski definition) is 0. The van der Waals surface area contributed by atoms with E-state index in [1.54, 1.807) is 0 Å². The standard InChI is InChI=1S/C73H57NO2/c1-40-29-31-41(32-30-40)50-39-56-61(63-48-21-12-16-27-58(48)75-68(50)63)46-35-33-42(37-54(46)71(56,4)5)74(57-26-18-25-53-60(57)44-19-10-14-23-51(44)70(53,2)3)43-34-36-47-55(38-43)73(8,9)66-62(47)64-49-22-13-17-28-59(49)76-69(64)65-45-20-11-15-24-52(45)72(6,7)67(65)66/h10-39H,1-9H3. The fraction of sp³-hybridized carbons (Fsp3) is 0.178. The smallest absolute Gasteiger partial charge is 0.144 e. The first-order chi connectivity index (χ1) is 36.7. The van der Waals surface area contributed by atoms with Gasteiger partial charge in [0.15, 0.2) is 0 Å². The summed E-state index contributed by atoms with van der Waals surface area (Å²) in [6.45, 7) is 21.6. The molecule has 3 nitrogen and oxygen atoms in total. The van der Waals surface area contributed by atoms with Gasteiger partial charge < -0.3 is 13.7 Å². The highest BCUT2D eigenvalue weighted by Gasteiger charge is 2.49. The van der Waals surface area contributed by atoms with Crippen molar-refractivity contribution in [3.05, 3.63) is 232 Å². The van der Waals surface area contributed by atoms with Crippen molar-refractivity contribution >= 4 is 60.9 Å². The summed E-state index contributed by atoms with van der Waals surface area (Å²) in [6.07, 6.45) is 0. The van der Waals surface area contributed by atoms with Gasteiger partial charge in [-0.1, -0.05) is 194 Å². The van der Waals surface area contributed by atoms with E-state index in [4.69, 9.17) is 8.83 Å². The second-order valence-electron chi connectivity index (χ2n) is 24.4. The van der Waals surface area contributed by atoms with Gasteiger partial charge in [-0.05, 0) is 139 Å². The van der Waals surface area contributed by atoms with E-state index in [0.29, 0.717) is 0 Å². The second-order valence-corrected chi connectivity index (χ2v) is 24.4. The Morgan fingerprint density at radius 2 is 0.829 bits per heavy atom. The van der Waals surface area contributed by atoms with Crippen LogP contribution in [-0.2, 0) is 21.7 Å². The van der Waals surface area contributed by atoms with Crippen LogP contribution in [0.5, 0.6) is 0 Å². The minimum Gasteiger partial charge on any atom is -0.455 e. The van der Waals surface area contributed by atoms with Crippen molar-refractivity contribution in [2.75, 3.05) is 4.90 Å². The van der Waals surface area contributed by atoms with Crippen LogP contribution < -0.4 is 4.90 Å². The molecule has 0 unspecified atom stereocenters. The minimum absolute atomic E-state index is 0.172. The predicted octanol–water partition coefficient (Wildman–Crippen LogP) is 20.2. The molecular weight excluding hydrogens is 923 g/mol. The van der Waals surface area contributed by atoms with E-state index < -0.39 is 0 Å². The Balaban J connectivity index is 0.954. The zero-order chi connectivity index (χ0) is 51.5. The number of rotatable bonds is 4. The zero-order valence-corrected chi connectivity index (χ0v) is 44.6. The van der Waals surface area contributed by atoms with Gasteiger partial charge >= 0.3 is 0 Å². The first-order valence-electron chi connectivity index (χ1n) is 27.2. The van der Waals surface area contributed by atoms with E-state index in [1.165, 1.54) is 122 Å². The molecule has 0 spiro atoms. The summed E-state index contributed by atoms with van der Waals surface area (Å²) in [5, 5.41) is 4.73. The monoisotopic (exact) mass is 979 g/mol. The Labute approximate surface area is 444 Å². The number of nitrogens with zero attached hydrogens (tertiary/aromatic N) is 1. The molecule has 2 aromatic heterocycles. The maximum absolute atomic E-state index is 7.06. The molecule has 0 atom stereocenters. The van der Waals surface area contributed by atoms with Crippen LogP contribution in [-0.4, -0.2) is 0 Å². The molecule has 0 amide bonds. The predicted molar refractivity (Wildman–Crippen MR) is 316 cm³/mol. The summed E-state index contributed by atoms with van der Waals surface area (Å²) in [7, 11) is 0. The van der Waals surface area contributed by atoms with E-state index in [-0.39, 0.29) is 21.7 Å². The molecule has 76 heavy (non-hydrogen) atoms. The van der Waals surface area contributed by atoms with Crippen molar-refractivity contribution in [1.29, 1.82) is 0 Å². The molecule has 10 aromatic carbocycles. The number of furan rings is 2.